The van der Waals surface area contributed by atoms with E-state index in [1.54, 1.807) is 14.0 Å². The van der Waals surface area contributed by atoms with Crippen molar-refractivity contribution in [2.75, 3.05) is 13.7 Å². The summed E-state index contributed by atoms with van der Waals surface area (Å²) >= 11 is 18.3. The Morgan fingerprint density at radius 1 is 0.930 bits per heavy atom. The number of H-pyrrole nitrogens is 1. The molecule has 0 radical (unpaired) electrons. The molecule has 2 heterocycles. The topological polar surface area (TPSA) is 82.6 Å². The molecule has 5 rings (SSSR count). The zero-order chi connectivity index (χ0) is 30.6. The minimum absolute atomic E-state index is 0.140. The summed E-state index contributed by atoms with van der Waals surface area (Å²) in [5, 5.41) is -0.218. The van der Waals surface area contributed by atoms with Gasteiger partial charge in [-0.1, -0.05) is 118 Å². The van der Waals surface area contributed by atoms with E-state index in [2.05, 4.69) is 4.98 Å². The predicted octanol–water partition coefficient (Wildman–Crippen LogP) is 7.23. The summed E-state index contributed by atoms with van der Waals surface area (Å²) in [5.74, 6) is 0.725. The van der Waals surface area contributed by atoms with Gasteiger partial charge in [-0.2, -0.15) is 0 Å². The number of alkyl halides is 3. The Bertz CT molecular complexity index is 1590. The smallest absolute Gasteiger partial charge is 0.330 e. The predicted molar refractivity (Wildman–Crippen MR) is 176 cm³/mol. The molecule has 0 amide bonds. The molecule has 12 heteroatoms. The Labute approximate surface area is 272 Å². The molecule has 3 atom stereocenters. The van der Waals surface area contributed by atoms with Crippen molar-refractivity contribution < 1.29 is 14.2 Å². The molecule has 1 fully saturated rings. The Kier molecular flexibility index (Phi) is 10.2. The number of halogens is 3. The first-order valence-electron chi connectivity index (χ1n) is 13.4. The number of aryl methyl sites for hydroxylation is 1. The SMILES string of the molecule is COc1ccc(C(OC[C@H]2O[C@@H](n3cc(C)c(=O)[nH]c3=O)C[C@@H]2SSC(Cl)(Cl)Cl)(c2ccccc2)c2ccccc2)cc1. The first-order valence-corrected chi connectivity index (χ1v) is 16.7. The molecule has 3 aromatic carbocycles. The molecule has 226 valence electrons. The summed E-state index contributed by atoms with van der Waals surface area (Å²) in [7, 11) is 4.08. The summed E-state index contributed by atoms with van der Waals surface area (Å²) in [6, 6.07) is 27.7. The maximum atomic E-state index is 12.7. The number of aromatic nitrogens is 2. The fraction of sp³-hybridized carbons (Fsp3) is 0.290. The monoisotopic (exact) mass is 678 g/mol. The molecule has 0 aliphatic carbocycles. The third kappa shape index (κ3) is 7.31. The summed E-state index contributed by atoms with van der Waals surface area (Å²) < 4.78 is 18.8. The van der Waals surface area contributed by atoms with Gasteiger partial charge in [0.05, 0.1) is 19.8 Å². The van der Waals surface area contributed by atoms with E-state index in [0.29, 0.717) is 12.0 Å². The number of rotatable bonds is 10. The molecule has 0 spiro atoms. The van der Waals surface area contributed by atoms with Crippen LogP contribution in [0.5, 0.6) is 5.75 Å². The molecule has 7 nitrogen and oxygen atoms in total. The van der Waals surface area contributed by atoms with Gasteiger partial charge >= 0.3 is 5.69 Å². The zero-order valence-corrected chi connectivity index (χ0v) is 27.1. The lowest BCUT2D eigenvalue weighted by Gasteiger charge is -2.37. The highest BCUT2D eigenvalue weighted by atomic mass is 35.6. The molecule has 4 aromatic rings. The molecule has 1 N–H and O–H groups in total. The van der Waals surface area contributed by atoms with Gasteiger partial charge in [0, 0.05) is 23.4 Å². The van der Waals surface area contributed by atoms with Crippen LogP contribution in [0.15, 0.2) is 101 Å². The van der Waals surface area contributed by atoms with Gasteiger partial charge in [-0.05, 0) is 46.5 Å². The second-order valence-corrected chi connectivity index (χ2v) is 15.6. The van der Waals surface area contributed by atoms with E-state index < -0.39 is 32.3 Å². The van der Waals surface area contributed by atoms with Gasteiger partial charge in [0.15, 0.2) is 0 Å². The molecule has 1 aliphatic heterocycles. The van der Waals surface area contributed by atoms with Crippen LogP contribution in [-0.4, -0.2) is 37.7 Å². The fourth-order valence-corrected chi connectivity index (χ4v) is 8.20. The van der Waals surface area contributed by atoms with E-state index in [1.165, 1.54) is 21.6 Å². The van der Waals surface area contributed by atoms with Crippen LogP contribution in [0.1, 0.15) is 34.9 Å². The van der Waals surface area contributed by atoms with Crippen molar-refractivity contribution in [3.05, 3.63) is 134 Å². The minimum atomic E-state index is -1.56. The Morgan fingerprint density at radius 2 is 1.51 bits per heavy atom. The lowest BCUT2D eigenvalue weighted by Crippen LogP contribution is -2.37. The number of methoxy groups -OCH3 is 1. The zero-order valence-electron chi connectivity index (χ0n) is 23.2. The number of nitrogens with one attached hydrogen (secondary N) is 1. The average Bonchev–Trinajstić information content (AvgIpc) is 3.42. The van der Waals surface area contributed by atoms with Crippen molar-refractivity contribution in [2.45, 2.75) is 39.7 Å². The van der Waals surface area contributed by atoms with Crippen LogP contribution in [-0.2, 0) is 15.1 Å². The van der Waals surface area contributed by atoms with Crippen LogP contribution in [0, 0.1) is 6.92 Å². The van der Waals surface area contributed by atoms with Crippen molar-refractivity contribution in [1.29, 1.82) is 0 Å². The third-order valence-electron chi connectivity index (χ3n) is 7.22. The first-order chi connectivity index (χ1) is 20.6. The molecule has 0 unspecified atom stereocenters. The Hall–Kier alpha value is -2.37. The molecular weight excluding hydrogens is 651 g/mol. The van der Waals surface area contributed by atoms with Gasteiger partial charge in [0.25, 0.3) is 5.56 Å². The van der Waals surface area contributed by atoms with Crippen LogP contribution in [0.25, 0.3) is 0 Å². The molecule has 0 bridgehead atoms. The second-order valence-electron chi connectivity index (χ2n) is 9.96. The molecule has 1 aliphatic rings. The van der Waals surface area contributed by atoms with Gasteiger partial charge in [-0.25, -0.2) is 4.79 Å². The normalized spacial score (nSPS) is 19.0. The first kappa shape index (κ1) is 32.0. The third-order valence-corrected chi connectivity index (χ3v) is 11.6. The summed E-state index contributed by atoms with van der Waals surface area (Å²) in [4.78, 5) is 27.1. The second kappa shape index (κ2) is 13.7. The quantitative estimate of drug-likeness (QED) is 0.108. The number of aromatic amines is 1. The van der Waals surface area contributed by atoms with Gasteiger partial charge in [-0.3, -0.25) is 14.3 Å². The number of hydrogen-bond acceptors (Lipinski definition) is 7. The van der Waals surface area contributed by atoms with Crippen molar-refractivity contribution in [3.8, 4) is 5.75 Å². The largest absolute Gasteiger partial charge is 0.497 e. The maximum Gasteiger partial charge on any atom is 0.330 e. The molecule has 1 saturated heterocycles. The van der Waals surface area contributed by atoms with Crippen LogP contribution < -0.4 is 16.0 Å². The van der Waals surface area contributed by atoms with Gasteiger partial charge in [0.2, 0.25) is 3.12 Å². The van der Waals surface area contributed by atoms with Crippen molar-refractivity contribution in [1.82, 2.24) is 9.55 Å². The van der Waals surface area contributed by atoms with Gasteiger partial charge in [0.1, 0.15) is 17.6 Å². The molecule has 0 saturated carbocycles. The van der Waals surface area contributed by atoms with E-state index in [4.69, 9.17) is 49.0 Å². The summed E-state index contributed by atoms with van der Waals surface area (Å²) in [6.07, 6.45) is 0.770. The van der Waals surface area contributed by atoms with Gasteiger partial charge < -0.3 is 14.2 Å². The average molecular weight is 680 g/mol. The van der Waals surface area contributed by atoms with Crippen LogP contribution >= 0.6 is 56.4 Å². The molecule has 1 aromatic heterocycles. The van der Waals surface area contributed by atoms with E-state index in [0.717, 1.165) is 33.2 Å². The molecular formula is C31H29Cl3N2O5S2. The summed E-state index contributed by atoms with van der Waals surface area (Å²) in [5.41, 5.74) is 1.13. The lowest BCUT2D eigenvalue weighted by atomic mass is 9.80. The van der Waals surface area contributed by atoms with Crippen LogP contribution in [0.3, 0.4) is 0 Å². The minimum Gasteiger partial charge on any atom is -0.497 e. The van der Waals surface area contributed by atoms with Crippen molar-refractivity contribution in [3.63, 3.8) is 0 Å². The summed E-state index contributed by atoms with van der Waals surface area (Å²) in [6.45, 7) is 1.78. The lowest BCUT2D eigenvalue weighted by molar-refractivity contribution is -0.0765. The fourth-order valence-electron chi connectivity index (χ4n) is 5.17. The highest BCUT2D eigenvalue weighted by Gasteiger charge is 2.43. The van der Waals surface area contributed by atoms with Gasteiger partial charge in [-0.15, -0.1) is 0 Å². The molecule has 43 heavy (non-hydrogen) atoms. The van der Waals surface area contributed by atoms with Crippen molar-refractivity contribution >= 4 is 56.4 Å². The van der Waals surface area contributed by atoms with Crippen LogP contribution in [0.4, 0.5) is 0 Å². The number of benzene rings is 3. The highest BCUT2D eigenvalue weighted by Crippen LogP contribution is 2.52. The van der Waals surface area contributed by atoms with E-state index >= 15 is 0 Å². The number of nitrogens with zero attached hydrogens (tertiary/aromatic N) is 1. The number of hydrogen-bond donors (Lipinski definition) is 1. The van der Waals surface area contributed by atoms with E-state index in [-0.39, 0.29) is 11.9 Å². The highest BCUT2D eigenvalue weighted by molar-refractivity contribution is 8.78. The van der Waals surface area contributed by atoms with Crippen LogP contribution in [0.2, 0.25) is 0 Å². The van der Waals surface area contributed by atoms with E-state index in [1.807, 2.05) is 84.9 Å². The standard InChI is InChI=1S/C31H29Cl3N2O5S2/c1-20-18-36(29(38)35-28(20)37)27-17-26(42-43-31(32,33)34)25(41-27)19-40-30(21-9-5-3-6-10-21,22-11-7-4-8-12-22)23-13-15-24(39-2)16-14-23/h3-16,18,25-27H,17,19H2,1-2H3,(H,35,37,38)/t25-,26+,27-/m1/s1. The van der Waals surface area contributed by atoms with E-state index in [9.17, 15) is 9.59 Å². The Morgan fingerprint density at radius 3 is 2.07 bits per heavy atom. The maximum absolute atomic E-state index is 12.7. The van der Waals surface area contributed by atoms with Crippen molar-refractivity contribution in [2.24, 2.45) is 0 Å². The Balaban J connectivity index is 1.55. The number of ether oxygens (including phenoxy) is 3.